The van der Waals surface area contributed by atoms with Crippen molar-refractivity contribution in [1.29, 1.82) is 0 Å². The van der Waals surface area contributed by atoms with Crippen molar-refractivity contribution in [3.8, 4) is 0 Å². The summed E-state index contributed by atoms with van der Waals surface area (Å²) in [6.45, 7) is 7.18. The quantitative estimate of drug-likeness (QED) is 0.523. The van der Waals surface area contributed by atoms with Crippen LogP contribution in [0.25, 0.3) is 0 Å². The van der Waals surface area contributed by atoms with Gasteiger partial charge in [0.15, 0.2) is 0 Å². The molecule has 1 heterocycles. The molecule has 11 heavy (non-hydrogen) atoms. The number of hydrogen-bond acceptors (Lipinski definition) is 3. The highest BCUT2D eigenvalue weighted by atomic mass is 28.2. The van der Waals surface area contributed by atoms with Crippen molar-refractivity contribution >= 4 is 10.5 Å². The summed E-state index contributed by atoms with van der Waals surface area (Å²) in [7, 11) is 0.890. The molecule has 68 valence electrons. The van der Waals surface area contributed by atoms with Gasteiger partial charge >= 0.3 is 0 Å². The fraction of sp³-hybridized carbons (Fsp3) is 1.00. The van der Waals surface area contributed by atoms with Gasteiger partial charge in [0.05, 0.1) is 0 Å². The van der Waals surface area contributed by atoms with Crippen molar-refractivity contribution in [3.63, 3.8) is 0 Å². The summed E-state index contributed by atoms with van der Waals surface area (Å²) in [5, 5.41) is 3.16. The van der Waals surface area contributed by atoms with Crippen LogP contribution in [0.4, 0.5) is 0 Å². The molecular formula is C7H20N2OSi. The van der Waals surface area contributed by atoms with Crippen molar-refractivity contribution in [3.05, 3.63) is 0 Å². The summed E-state index contributed by atoms with van der Waals surface area (Å²) < 4.78 is 4.68. The molecule has 1 atom stereocenters. The molecule has 0 amide bonds. The first-order chi connectivity index (χ1) is 5.22. The first-order valence-electron chi connectivity index (χ1n) is 4.17. The lowest BCUT2D eigenvalue weighted by atomic mass is 9.96. The molecule has 4 heteroatoms. The van der Waals surface area contributed by atoms with Gasteiger partial charge in [-0.1, -0.05) is 0 Å². The zero-order valence-corrected chi connectivity index (χ0v) is 9.76. The van der Waals surface area contributed by atoms with Gasteiger partial charge in [-0.15, -0.1) is 0 Å². The van der Waals surface area contributed by atoms with E-state index in [-0.39, 0.29) is 0 Å². The maximum atomic E-state index is 5.56. The number of hydrogen-bond donors (Lipinski definition) is 2. The Hall–Kier alpha value is 0.0969. The van der Waals surface area contributed by atoms with E-state index < -0.39 is 0 Å². The van der Waals surface area contributed by atoms with E-state index in [1.165, 1.54) is 0 Å². The van der Waals surface area contributed by atoms with Crippen LogP contribution in [-0.4, -0.2) is 36.2 Å². The predicted octanol–water partition coefficient (Wildman–Crippen LogP) is -1.14. The molecule has 1 fully saturated rings. The molecule has 3 nitrogen and oxygen atoms in total. The minimum atomic E-state index is 0.390. The van der Waals surface area contributed by atoms with Gasteiger partial charge in [-0.3, -0.25) is 0 Å². The fourth-order valence-electron chi connectivity index (χ4n) is 0.683. The Bertz CT molecular complexity index is 84.5. The largest absolute Gasteiger partial charge is 0.428 e. The van der Waals surface area contributed by atoms with Crippen LogP contribution in [-0.2, 0) is 4.43 Å². The molecule has 0 saturated carbocycles. The Morgan fingerprint density at radius 2 is 2.18 bits per heavy atom. The van der Waals surface area contributed by atoms with Gasteiger partial charge < -0.3 is 15.5 Å². The van der Waals surface area contributed by atoms with Crippen LogP contribution in [0.15, 0.2) is 0 Å². The molecule has 0 radical (unpaired) electrons. The number of rotatable bonds is 2. The predicted molar refractivity (Wildman–Crippen MR) is 51.6 cm³/mol. The zero-order valence-electron chi connectivity index (χ0n) is 7.76. The van der Waals surface area contributed by atoms with Crippen LogP contribution in [0.2, 0.25) is 0 Å². The fourth-order valence-corrected chi connectivity index (χ4v) is 0.683. The molecule has 0 aromatic heterocycles. The number of nitrogens with one attached hydrogen (secondary N) is 1. The summed E-state index contributed by atoms with van der Waals surface area (Å²) >= 11 is 0. The molecule has 1 rings (SSSR count). The van der Waals surface area contributed by atoms with Crippen LogP contribution >= 0.6 is 0 Å². The van der Waals surface area contributed by atoms with E-state index >= 15 is 0 Å². The standard InChI is InChI=1S/C5H12N2.C2H8OSi/c1-4(6)5-2-7-3-5;1-2-3-4/h4-5,7H,2-3,6H2,1H3;2H2,1,4H3. The molecule has 3 N–H and O–H groups in total. The third-order valence-electron chi connectivity index (χ3n) is 1.85. The molecule has 0 aromatic rings. The Morgan fingerprint density at radius 3 is 2.18 bits per heavy atom. The maximum Gasteiger partial charge on any atom is 0.145 e. The van der Waals surface area contributed by atoms with E-state index in [1.54, 1.807) is 0 Å². The summed E-state index contributed by atoms with van der Waals surface area (Å²) in [6.07, 6.45) is 0. The average Bonchev–Trinajstić information content (AvgIpc) is 1.83. The average molecular weight is 176 g/mol. The smallest absolute Gasteiger partial charge is 0.145 e. The lowest BCUT2D eigenvalue weighted by Crippen LogP contribution is -2.50. The Balaban J connectivity index is 0.000000218. The summed E-state index contributed by atoms with van der Waals surface area (Å²) in [5.74, 6) is 0.750. The highest BCUT2D eigenvalue weighted by molar-refractivity contribution is 5.97. The minimum Gasteiger partial charge on any atom is -0.428 e. The maximum absolute atomic E-state index is 5.56. The molecule has 0 spiro atoms. The highest BCUT2D eigenvalue weighted by Gasteiger charge is 2.19. The van der Waals surface area contributed by atoms with E-state index in [1.807, 2.05) is 6.92 Å². The van der Waals surface area contributed by atoms with E-state index in [0.29, 0.717) is 6.04 Å². The monoisotopic (exact) mass is 176 g/mol. The third kappa shape index (κ3) is 5.38. The Labute approximate surface area is 72.2 Å². The van der Waals surface area contributed by atoms with Crippen molar-refractivity contribution in [2.45, 2.75) is 19.9 Å². The first-order valence-corrected chi connectivity index (χ1v) is 4.99. The normalized spacial score (nSPS) is 19.9. The molecule has 0 bridgehead atoms. The lowest BCUT2D eigenvalue weighted by molar-refractivity contribution is 0.304. The summed E-state index contributed by atoms with van der Waals surface area (Å²) in [4.78, 5) is 0. The molecule has 1 saturated heterocycles. The van der Waals surface area contributed by atoms with Crippen LogP contribution in [0.5, 0.6) is 0 Å². The van der Waals surface area contributed by atoms with Crippen LogP contribution < -0.4 is 11.1 Å². The molecular weight excluding hydrogens is 156 g/mol. The highest BCUT2D eigenvalue weighted by Crippen LogP contribution is 2.04. The molecule has 0 aromatic carbocycles. The Morgan fingerprint density at radius 1 is 1.73 bits per heavy atom. The van der Waals surface area contributed by atoms with Gasteiger partial charge in [0.25, 0.3) is 0 Å². The van der Waals surface area contributed by atoms with Gasteiger partial charge in [-0.25, -0.2) is 0 Å². The zero-order chi connectivity index (χ0) is 8.69. The SMILES string of the molecule is CC(N)C1CNC1.CCO[SiH3]. The Kier molecular flexibility index (Phi) is 6.85. The molecule has 1 unspecified atom stereocenters. The van der Waals surface area contributed by atoms with E-state index in [2.05, 4.69) is 16.7 Å². The van der Waals surface area contributed by atoms with Gasteiger partial charge in [0.1, 0.15) is 10.5 Å². The molecule has 1 aliphatic rings. The van der Waals surface area contributed by atoms with Crippen LogP contribution in [0.3, 0.4) is 0 Å². The first kappa shape index (κ1) is 11.1. The second kappa shape index (κ2) is 6.79. The van der Waals surface area contributed by atoms with E-state index in [9.17, 15) is 0 Å². The third-order valence-corrected chi connectivity index (χ3v) is 2.42. The number of nitrogens with two attached hydrogens (primary N) is 1. The van der Waals surface area contributed by atoms with Gasteiger partial charge in [-0.2, -0.15) is 0 Å². The van der Waals surface area contributed by atoms with Crippen LogP contribution in [0, 0.1) is 5.92 Å². The topological polar surface area (TPSA) is 47.3 Å². The lowest BCUT2D eigenvalue weighted by Gasteiger charge is -2.30. The van der Waals surface area contributed by atoms with Gasteiger partial charge in [0.2, 0.25) is 0 Å². The molecule has 0 aliphatic carbocycles. The van der Waals surface area contributed by atoms with Crippen molar-refractivity contribution in [2.24, 2.45) is 11.7 Å². The second-order valence-corrected chi connectivity index (χ2v) is 3.43. The van der Waals surface area contributed by atoms with Crippen molar-refractivity contribution in [2.75, 3.05) is 19.7 Å². The minimum absolute atomic E-state index is 0.390. The van der Waals surface area contributed by atoms with Crippen LogP contribution in [0.1, 0.15) is 13.8 Å². The van der Waals surface area contributed by atoms with Gasteiger partial charge in [-0.05, 0) is 19.8 Å². The van der Waals surface area contributed by atoms with E-state index in [4.69, 9.17) is 5.73 Å². The second-order valence-electron chi connectivity index (χ2n) is 2.85. The van der Waals surface area contributed by atoms with Crippen molar-refractivity contribution in [1.82, 2.24) is 5.32 Å². The summed E-state index contributed by atoms with van der Waals surface area (Å²) in [5.41, 5.74) is 5.56. The van der Waals surface area contributed by atoms with Gasteiger partial charge in [0, 0.05) is 25.7 Å². The van der Waals surface area contributed by atoms with E-state index in [0.717, 1.165) is 36.1 Å². The van der Waals surface area contributed by atoms with Crippen molar-refractivity contribution < 1.29 is 4.43 Å². The molecule has 1 aliphatic heterocycles. The summed E-state index contributed by atoms with van der Waals surface area (Å²) in [6, 6.07) is 0.390.